The molecule has 0 fully saturated rings. The van der Waals surface area contributed by atoms with Gasteiger partial charge < -0.3 is 14.8 Å². The van der Waals surface area contributed by atoms with Crippen molar-refractivity contribution in [3.8, 4) is 11.5 Å². The van der Waals surface area contributed by atoms with E-state index in [1.807, 2.05) is 0 Å². The first-order valence-electron chi connectivity index (χ1n) is 8.16. The van der Waals surface area contributed by atoms with Crippen molar-refractivity contribution in [3.05, 3.63) is 23.8 Å². The summed E-state index contributed by atoms with van der Waals surface area (Å²) in [5.41, 5.74) is 1.15. The van der Waals surface area contributed by atoms with Gasteiger partial charge in [-0.15, -0.1) is 0 Å². The second kappa shape index (κ2) is 6.69. The van der Waals surface area contributed by atoms with E-state index in [0.717, 1.165) is 37.5 Å². The minimum atomic E-state index is -0.101. The van der Waals surface area contributed by atoms with E-state index in [0.29, 0.717) is 12.0 Å². The van der Waals surface area contributed by atoms with Crippen molar-refractivity contribution in [2.24, 2.45) is 5.92 Å². The van der Waals surface area contributed by atoms with Gasteiger partial charge in [0.15, 0.2) is 0 Å². The molecule has 118 valence electrons. The molecular weight excluding hydrogens is 262 g/mol. The highest BCUT2D eigenvalue weighted by molar-refractivity contribution is 5.44. The largest absolute Gasteiger partial charge is 0.493 e. The van der Waals surface area contributed by atoms with Crippen LogP contribution in [0.5, 0.6) is 11.5 Å². The fourth-order valence-electron chi connectivity index (χ4n) is 2.74. The molecule has 0 aliphatic carbocycles. The van der Waals surface area contributed by atoms with Gasteiger partial charge in [0, 0.05) is 24.1 Å². The van der Waals surface area contributed by atoms with Gasteiger partial charge in [-0.3, -0.25) is 0 Å². The zero-order valence-electron chi connectivity index (χ0n) is 14.0. The van der Waals surface area contributed by atoms with E-state index in [9.17, 15) is 0 Å². The molecular formula is C18H29NO2. The molecule has 0 radical (unpaired) electrons. The molecule has 0 saturated carbocycles. The minimum absolute atomic E-state index is 0.101. The number of fused-ring (bicyclic) bond motifs is 1. The normalized spacial score (nSPS) is 24.6. The Morgan fingerprint density at radius 2 is 2.14 bits per heavy atom. The third-order valence-corrected chi connectivity index (χ3v) is 4.13. The van der Waals surface area contributed by atoms with Gasteiger partial charge in [0.05, 0.1) is 6.61 Å². The lowest BCUT2D eigenvalue weighted by molar-refractivity contribution is 0.0442. The molecule has 1 aromatic carbocycles. The molecule has 3 nitrogen and oxygen atoms in total. The predicted octanol–water partition coefficient (Wildman–Crippen LogP) is 4.32. The molecule has 1 aliphatic heterocycles. The maximum atomic E-state index is 6.27. The summed E-state index contributed by atoms with van der Waals surface area (Å²) in [6.45, 7) is 12.6. The Bertz CT molecular complexity index is 472. The Morgan fingerprint density at radius 3 is 2.76 bits per heavy atom. The molecule has 1 aromatic rings. The number of hydrogen-bond donors (Lipinski definition) is 1. The van der Waals surface area contributed by atoms with Crippen LogP contribution in [0.25, 0.3) is 0 Å². The van der Waals surface area contributed by atoms with Crippen LogP contribution in [0.3, 0.4) is 0 Å². The Balaban J connectivity index is 2.25. The third kappa shape index (κ3) is 3.91. The van der Waals surface area contributed by atoms with Crippen LogP contribution in [0.15, 0.2) is 18.2 Å². The van der Waals surface area contributed by atoms with E-state index >= 15 is 0 Å². The zero-order chi connectivity index (χ0) is 15.5. The van der Waals surface area contributed by atoms with Gasteiger partial charge in [0.2, 0.25) is 0 Å². The molecule has 2 rings (SSSR count). The maximum absolute atomic E-state index is 6.27. The topological polar surface area (TPSA) is 30.5 Å². The smallest absolute Gasteiger partial charge is 0.128 e. The molecule has 0 spiro atoms. The van der Waals surface area contributed by atoms with Crippen molar-refractivity contribution >= 4 is 0 Å². The molecule has 2 unspecified atom stereocenters. The molecule has 0 saturated heterocycles. The summed E-state index contributed by atoms with van der Waals surface area (Å²) in [7, 11) is 0. The van der Waals surface area contributed by atoms with Crippen LogP contribution >= 0.6 is 0 Å². The highest BCUT2D eigenvalue weighted by Gasteiger charge is 2.35. The Morgan fingerprint density at radius 1 is 1.38 bits per heavy atom. The average Bonchev–Trinajstić information content (AvgIpc) is 2.45. The lowest BCUT2D eigenvalue weighted by Crippen LogP contribution is -2.41. The summed E-state index contributed by atoms with van der Waals surface area (Å²) in [5.74, 6) is 2.40. The molecule has 1 N–H and O–H groups in total. The Kier molecular flexibility index (Phi) is 5.15. The second-order valence-electron chi connectivity index (χ2n) is 6.62. The van der Waals surface area contributed by atoms with E-state index < -0.39 is 0 Å². The number of nitrogens with one attached hydrogen (secondary N) is 1. The summed E-state index contributed by atoms with van der Waals surface area (Å²) in [6.07, 6.45) is 2.02. The standard InChI is InChI=1S/C18H29NO2/c1-6-18(5)11-16(19-7-2)15-9-8-14(10-17(15)21-18)20-12-13(3)4/h8-10,13,16,19H,6-7,11-12H2,1-5H3. The monoisotopic (exact) mass is 291 g/mol. The molecule has 21 heavy (non-hydrogen) atoms. The summed E-state index contributed by atoms with van der Waals surface area (Å²) >= 11 is 0. The van der Waals surface area contributed by atoms with Crippen molar-refractivity contribution in [1.29, 1.82) is 0 Å². The second-order valence-corrected chi connectivity index (χ2v) is 6.62. The third-order valence-electron chi connectivity index (χ3n) is 4.13. The molecule has 3 heteroatoms. The number of hydrogen-bond acceptors (Lipinski definition) is 3. The molecule has 1 aliphatic rings. The Labute approximate surface area is 129 Å². The highest BCUT2D eigenvalue weighted by Crippen LogP contribution is 2.42. The van der Waals surface area contributed by atoms with Gasteiger partial charge in [-0.25, -0.2) is 0 Å². The van der Waals surface area contributed by atoms with Crippen LogP contribution < -0.4 is 14.8 Å². The molecule has 1 heterocycles. The number of ether oxygens (including phenoxy) is 2. The lowest BCUT2D eigenvalue weighted by Gasteiger charge is -2.40. The van der Waals surface area contributed by atoms with Crippen molar-refractivity contribution in [3.63, 3.8) is 0 Å². The Hall–Kier alpha value is -1.22. The van der Waals surface area contributed by atoms with Crippen LogP contribution in [0.2, 0.25) is 0 Å². The van der Waals surface area contributed by atoms with Gasteiger partial charge in [-0.05, 0) is 31.9 Å². The lowest BCUT2D eigenvalue weighted by atomic mass is 9.86. The van der Waals surface area contributed by atoms with Crippen molar-refractivity contribution in [2.75, 3.05) is 13.2 Å². The van der Waals surface area contributed by atoms with E-state index in [-0.39, 0.29) is 5.60 Å². The minimum Gasteiger partial charge on any atom is -0.493 e. The fourth-order valence-corrected chi connectivity index (χ4v) is 2.74. The van der Waals surface area contributed by atoms with E-state index in [2.05, 4.69) is 58.1 Å². The van der Waals surface area contributed by atoms with Crippen molar-refractivity contribution in [2.45, 2.75) is 59.1 Å². The molecule has 2 atom stereocenters. The fraction of sp³-hybridized carbons (Fsp3) is 0.667. The SMILES string of the molecule is CCNC1CC(C)(CC)Oc2cc(OCC(C)C)ccc21. The summed E-state index contributed by atoms with van der Waals surface area (Å²) in [4.78, 5) is 0. The van der Waals surface area contributed by atoms with Gasteiger partial charge in [-0.2, -0.15) is 0 Å². The van der Waals surface area contributed by atoms with Crippen molar-refractivity contribution < 1.29 is 9.47 Å². The zero-order valence-corrected chi connectivity index (χ0v) is 14.0. The maximum Gasteiger partial charge on any atom is 0.128 e. The van der Waals surface area contributed by atoms with Crippen LogP contribution in [0.1, 0.15) is 59.1 Å². The van der Waals surface area contributed by atoms with E-state index in [1.54, 1.807) is 0 Å². The first-order valence-corrected chi connectivity index (χ1v) is 8.16. The van der Waals surface area contributed by atoms with Gasteiger partial charge in [-0.1, -0.05) is 33.8 Å². The van der Waals surface area contributed by atoms with E-state index in [4.69, 9.17) is 9.47 Å². The summed E-state index contributed by atoms with van der Waals surface area (Å²) in [6, 6.07) is 6.62. The number of rotatable bonds is 6. The summed E-state index contributed by atoms with van der Waals surface area (Å²) < 4.78 is 12.1. The average molecular weight is 291 g/mol. The number of benzene rings is 1. The summed E-state index contributed by atoms with van der Waals surface area (Å²) in [5, 5.41) is 3.58. The molecule has 0 amide bonds. The molecule has 0 aromatic heterocycles. The highest BCUT2D eigenvalue weighted by atomic mass is 16.5. The van der Waals surface area contributed by atoms with Crippen LogP contribution in [0.4, 0.5) is 0 Å². The van der Waals surface area contributed by atoms with Crippen LogP contribution in [-0.2, 0) is 0 Å². The quantitative estimate of drug-likeness (QED) is 0.846. The van der Waals surface area contributed by atoms with Gasteiger partial charge in [0.25, 0.3) is 0 Å². The van der Waals surface area contributed by atoms with Gasteiger partial charge in [0.1, 0.15) is 17.1 Å². The molecule has 0 bridgehead atoms. The first kappa shape index (κ1) is 16.2. The first-order chi connectivity index (χ1) is 9.97. The van der Waals surface area contributed by atoms with Gasteiger partial charge >= 0.3 is 0 Å². The predicted molar refractivity (Wildman–Crippen MR) is 87.1 cm³/mol. The van der Waals surface area contributed by atoms with Crippen molar-refractivity contribution in [1.82, 2.24) is 5.32 Å². The van der Waals surface area contributed by atoms with E-state index in [1.165, 1.54) is 5.56 Å². The van der Waals surface area contributed by atoms with Crippen LogP contribution in [-0.4, -0.2) is 18.8 Å². The van der Waals surface area contributed by atoms with Crippen LogP contribution in [0, 0.1) is 5.92 Å².